The summed E-state index contributed by atoms with van der Waals surface area (Å²) in [5, 5.41) is 10.1. The molecule has 0 amide bonds. The van der Waals surface area contributed by atoms with Gasteiger partial charge in [-0.3, -0.25) is 0 Å². The van der Waals surface area contributed by atoms with Gasteiger partial charge in [-0.2, -0.15) is 0 Å². The topological polar surface area (TPSA) is 32.7 Å². The maximum absolute atomic E-state index is 10.1. The molecule has 2 rings (SSSR count). The fourth-order valence-corrected chi connectivity index (χ4v) is 2.54. The van der Waals surface area contributed by atoms with Crippen LogP contribution in [0.4, 0.5) is 0 Å². The van der Waals surface area contributed by atoms with E-state index < -0.39 is 6.10 Å². The Morgan fingerprint density at radius 2 is 2.17 bits per heavy atom. The summed E-state index contributed by atoms with van der Waals surface area (Å²) in [6.45, 7) is 3.46. The third kappa shape index (κ3) is 4.09. The van der Waals surface area contributed by atoms with Crippen LogP contribution in [0.25, 0.3) is 0 Å². The van der Waals surface area contributed by atoms with Gasteiger partial charge in [0, 0.05) is 19.7 Å². The number of aliphatic hydroxyl groups excluding tert-OH is 1. The fraction of sp³-hybridized carbons (Fsp3) is 0.600. The van der Waals surface area contributed by atoms with Gasteiger partial charge >= 0.3 is 0 Å². The third-order valence-electron chi connectivity index (χ3n) is 3.49. The molecule has 1 aliphatic rings. The fourth-order valence-electron chi connectivity index (χ4n) is 2.54. The summed E-state index contributed by atoms with van der Waals surface area (Å²) in [4.78, 5) is 2.21. The first-order valence-electron chi connectivity index (χ1n) is 6.75. The predicted octanol–water partition coefficient (Wildman–Crippen LogP) is 2.08. The molecule has 0 spiro atoms. The summed E-state index contributed by atoms with van der Waals surface area (Å²) in [5.74, 6) is 0.617. The van der Waals surface area contributed by atoms with Crippen molar-refractivity contribution in [3.05, 3.63) is 35.9 Å². The molecule has 1 aliphatic heterocycles. The highest BCUT2D eigenvalue weighted by Gasteiger charge is 2.17. The van der Waals surface area contributed by atoms with Gasteiger partial charge in [-0.05, 0) is 31.4 Å². The van der Waals surface area contributed by atoms with Gasteiger partial charge < -0.3 is 14.7 Å². The molecule has 1 aromatic rings. The van der Waals surface area contributed by atoms with E-state index in [1.165, 1.54) is 12.8 Å². The van der Waals surface area contributed by atoms with Crippen LogP contribution in [0.1, 0.15) is 24.5 Å². The van der Waals surface area contributed by atoms with Gasteiger partial charge in [0.2, 0.25) is 0 Å². The maximum Gasteiger partial charge on any atom is 0.0916 e. The number of ether oxygens (including phenoxy) is 1. The normalized spacial score (nSPS) is 22.1. The van der Waals surface area contributed by atoms with Crippen molar-refractivity contribution in [2.75, 3.05) is 33.4 Å². The molecule has 0 bridgehead atoms. The molecular weight excluding hydrogens is 226 g/mol. The molecule has 1 saturated heterocycles. The van der Waals surface area contributed by atoms with Crippen LogP contribution in [0.3, 0.4) is 0 Å². The zero-order valence-corrected chi connectivity index (χ0v) is 11.1. The molecule has 0 radical (unpaired) electrons. The lowest BCUT2D eigenvalue weighted by molar-refractivity contribution is 0.0342. The molecule has 0 aromatic heterocycles. The Bertz CT molecular complexity index is 336. The Labute approximate surface area is 109 Å². The first-order valence-corrected chi connectivity index (χ1v) is 6.75. The molecule has 3 heteroatoms. The van der Waals surface area contributed by atoms with E-state index in [1.54, 1.807) is 0 Å². The second-order valence-corrected chi connectivity index (χ2v) is 5.23. The highest BCUT2D eigenvalue weighted by Crippen LogP contribution is 2.17. The van der Waals surface area contributed by atoms with Gasteiger partial charge in [-0.15, -0.1) is 0 Å². The van der Waals surface area contributed by atoms with Crippen molar-refractivity contribution < 1.29 is 9.84 Å². The Hall–Kier alpha value is -0.900. The molecule has 0 aliphatic carbocycles. The summed E-state index contributed by atoms with van der Waals surface area (Å²) in [7, 11) is 2.07. The molecule has 3 nitrogen and oxygen atoms in total. The zero-order valence-electron chi connectivity index (χ0n) is 11.1. The first-order chi connectivity index (χ1) is 8.75. The Kier molecular flexibility index (Phi) is 5.17. The van der Waals surface area contributed by atoms with E-state index in [1.807, 2.05) is 30.3 Å². The van der Waals surface area contributed by atoms with Crippen molar-refractivity contribution in [1.82, 2.24) is 4.90 Å². The molecule has 100 valence electrons. The lowest BCUT2D eigenvalue weighted by atomic mass is 10.0. The van der Waals surface area contributed by atoms with E-state index in [9.17, 15) is 5.11 Å². The van der Waals surface area contributed by atoms with Gasteiger partial charge in [0.25, 0.3) is 0 Å². The van der Waals surface area contributed by atoms with Gasteiger partial charge in [0.15, 0.2) is 0 Å². The second kappa shape index (κ2) is 6.88. The van der Waals surface area contributed by atoms with Crippen LogP contribution < -0.4 is 0 Å². The number of hydrogen-bond acceptors (Lipinski definition) is 3. The van der Waals surface area contributed by atoms with Gasteiger partial charge in [0.1, 0.15) is 0 Å². The second-order valence-electron chi connectivity index (χ2n) is 5.23. The zero-order chi connectivity index (χ0) is 12.8. The van der Waals surface area contributed by atoms with Gasteiger partial charge in [0.05, 0.1) is 12.7 Å². The molecule has 2 unspecified atom stereocenters. The van der Waals surface area contributed by atoms with Crippen LogP contribution >= 0.6 is 0 Å². The highest BCUT2D eigenvalue weighted by atomic mass is 16.5. The van der Waals surface area contributed by atoms with Gasteiger partial charge in [-0.1, -0.05) is 30.3 Å². The Balaban J connectivity index is 1.78. The van der Waals surface area contributed by atoms with Crippen molar-refractivity contribution in [2.45, 2.75) is 18.9 Å². The van der Waals surface area contributed by atoms with Gasteiger partial charge in [-0.25, -0.2) is 0 Å². The quantitative estimate of drug-likeness (QED) is 0.867. The molecule has 1 aromatic carbocycles. The molecule has 1 heterocycles. The summed E-state index contributed by atoms with van der Waals surface area (Å²) < 4.78 is 5.48. The van der Waals surface area contributed by atoms with Crippen LogP contribution in [0.15, 0.2) is 30.3 Å². The first kappa shape index (κ1) is 13.5. The third-order valence-corrected chi connectivity index (χ3v) is 3.49. The van der Waals surface area contributed by atoms with E-state index >= 15 is 0 Å². The lowest BCUT2D eigenvalue weighted by Crippen LogP contribution is -2.33. The molecular formula is C15H23NO2. The number of likely N-dealkylation sites (N-methyl/N-ethyl adjacent to an activating group) is 1. The van der Waals surface area contributed by atoms with E-state index in [0.717, 1.165) is 25.3 Å². The minimum Gasteiger partial charge on any atom is -0.387 e. The van der Waals surface area contributed by atoms with E-state index in [-0.39, 0.29) is 0 Å². The average Bonchev–Trinajstić information content (AvgIpc) is 2.40. The average molecular weight is 249 g/mol. The molecule has 1 fully saturated rings. The van der Waals surface area contributed by atoms with Crippen LogP contribution in [0, 0.1) is 5.92 Å². The predicted molar refractivity (Wildman–Crippen MR) is 72.4 cm³/mol. The molecule has 18 heavy (non-hydrogen) atoms. The van der Waals surface area contributed by atoms with E-state index in [4.69, 9.17) is 4.74 Å². The van der Waals surface area contributed by atoms with Crippen LogP contribution in [-0.2, 0) is 4.74 Å². The Morgan fingerprint density at radius 3 is 2.83 bits per heavy atom. The highest BCUT2D eigenvalue weighted by molar-refractivity contribution is 5.17. The number of nitrogens with zero attached hydrogens (tertiary/aromatic N) is 1. The van der Waals surface area contributed by atoms with Crippen LogP contribution in [0.5, 0.6) is 0 Å². The van der Waals surface area contributed by atoms with Crippen molar-refractivity contribution >= 4 is 0 Å². The minimum atomic E-state index is -0.402. The smallest absolute Gasteiger partial charge is 0.0916 e. The van der Waals surface area contributed by atoms with E-state index in [0.29, 0.717) is 12.5 Å². The SMILES string of the molecule is CN(CC1CCCOC1)CC(O)c1ccccc1. The maximum atomic E-state index is 10.1. The summed E-state index contributed by atoms with van der Waals surface area (Å²) in [6, 6.07) is 9.85. The van der Waals surface area contributed by atoms with Crippen molar-refractivity contribution in [2.24, 2.45) is 5.92 Å². The monoisotopic (exact) mass is 249 g/mol. The largest absolute Gasteiger partial charge is 0.387 e. The standard InChI is InChI=1S/C15H23NO2/c1-16(10-13-6-5-9-18-12-13)11-15(17)14-7-3-2-4-8-14/h2-4,7-8,13,15,17H,5-6,9-12H2,1H3. The summed E-state index contributed by atoms with van der Waals surface area (Å²) in [6.07, 6.45) is 2.01. The molecule has 1 N–H and O–H groups in total. The molecule has 2 atom stereocenters. The van der Waals surface area contributed by atoms with Crippen LogP contribution in [-0.4, -0.2) is 43.4 Å². The lowest BCUT2D eigenvalue weighted by Gasteiger charge is -2.28. The molecule has 0 saturated carbocycles. The van der Waals surface area contributed by atoms with Crippen molar-refractivity contribution in [3.8, 4) is 0 Å². The Morgan fingerprint density at radius 1 is 1.39 bits per heavy atom. The van der Waals surface area contributed by atoms with Crippen LogP contribution in [0.2, 0.25) is 0 Å². The van der Waals surface area contributed by atoms with Crippen molar-refractivity contribution in [1.29, 1.82) is 0 Å². The number of hydrogen-bond donors (Lipinski definition) is 1. The minimum absolute atomic E-state index is 0.402. The summed E-state index contributed by atoms with van der Waals surface area (Å²) in [5.41, 5.74) is 0.990. The summed E-state index contributed by atoms with van der Waals surface area (Å²) >= 11 is 0. The number of rotatable bonds is 5. The van der Waals surface area contributed by atoms with E-state index in [2.05, 4.69) is 11.9 Å². The van der Waals surface area contributed by atoms with Crippen molar-refractivity contribution in [3.63, 3.8) is 0 Å². The number of benzene rings is 1. The number of aliphatic hydroxyl groups is 1.